The molecular weight excluding hydrogens is 182 g/mol. The minimum Gasteiger partial charge on any atom is -0.399 e. The maximum absolute atomic E-state index is 11.5. The molecule has 9 heavy (non-hydrogen) atoms. The molecule has 0 aromatic rings. The lowest BCUT2D eigenvalue weighted by atomic mass is 10.3. The molecule has 0 saturated carbocycles. The van der Waals surface area contributed by atoms with Crippen LogP contribution in [-0.2, 0) is 4.43 Å². The van der Waals surface area contributed by atoms with Crippen LogP contribution >= 0.6 is 23.2 Å². The van der Waals surface area contributed by atoms with Gasteiger partial charge in [-0.05, 0) is 6.42 Å². The van der Waals surface area contributed by atoms with Crippen molar-refractivity contribution in [2.45, 2.75) is 17.4 Å². The Balaban J connectivity index is 3.33. The van der Waals surface area contributed by atoms with E-state index in [1.54, 1.807) is 0 Å². The van der Waals surface area contributed by atoms with Gasteiger partial charge in [-0.15, -0.1) is 0 Å². The number of hydrogen-bond donors (Lipinski definition) is 0. The smallest absolute Gasteiger partial charge is 0.207 e. The van der Waals surface area contributed by atoms with Crippen LogP contribution in [0.2, 0.25) is 0 Å². The first-order valence-corrected chi connectivity index (χ1v) is 4.18. The zero-order valence-corrected chi connectivity index (χ0v) is 8.68. The first-order chi connectivity index (χ1) is 4.12. The molecule has 0 aliphatic heterocycles. The van der Waals surface area contributed by atoms with Gasteiger partial charge in [-0.25, -0.2) is 0 Å². The van der Waals surface area contributed by atoms with Crippen LogP contribution in [0.5, 0.6) is 0 Å². The maximum atomic E-state index is 11.5. The second-order valence-electron chi connectivity index (χ2n) is 1.63. The van der Waals surface area contributed by atoms with Gasteiger partial charge in [0.15, 0.2) is 0 Å². The Morgan fingerprint density at radius 3 is 2.44 bits per heavy atom. The zero-order valence-electron chi connectivity index (χ0n) is 5.16. The molecule has 0 spiro atoms. The van der Waals surface area contributed by atoms with E-state index in [2.05, 4.69) is 0 Å². The van der Waals surface area contributed by atoms with E-state index in [-0.39, 0.29) is 0 Å². The summed E-state index contributed by atoms with van der Waals surface area (Å²) in [4.78, 5) is 0. The van der Waals surface area contributed by atoms with Crippen LogP contribution < -0.4 is 0 Å². The molecule has 0 saturated heterocycles. The van der Waals surface area contributed by atoms with Crippen LogP contribution in [0.15, 0.2) is 0 Å². The summed E-state index contributed by atoms with van der Waals surface area (Å²) in [6, 6.07) is 0. The minimum absolute atomic E-state index is 0.356. The van der Waals surface area contributed by atoms with Crippen LogP contribution in [-0.4, -0.2) is 21.7 Å². The van der Waals surface area contributed by atoms with Gasteiger partial charge >= 0.3 is 0 Å². The van der Waals surface area contributed by atoms with Crippen LogP contribution in [0.1, 0.15) is 12.8 Å². The molecule has 0 aliphatic rings. The fourth-order valence-electron chi connectivity index (χ4n) is 0.375. The Kier molecular flexibility index (Phi) is 4.84. The van der Waals surface area contributed by atoms with E-state index in [0.717, 1.165) is 0 Å². The van der Waals surface area contributed by atoms with Gasteiger partial charge in [0.1, 0.15) is 10.5 Å². The summed E-state index contributed by atoms with van der Waals surface area (Å²) >= 11 is 11.0. The lowest BCUT2D eigenvalue weighted by molar-refractivity contribution is 0.242. The predicted molar refractivity (Wildman–Crippen MR) is 40.7 cm³/mol. The second-order valence-corrected chi connectivity index (χ2v) is 3.46. The first kappa shape index (κ1) is 9.69. The average molecular weight is 191 g/mol. The van der Waals surface area contributed by atoms with Crippen LogP contribution in [0.4, 0.5) is 4.39 Å². The molecule has 0 aromatic carbocycles. The van der Waals surface area contributed by atoms with E-state index in [0.29, 0.717) is 23.3 Å². The summed E-state index contributed by atoms with van der Waals surface area (Å²) in [6.45, 7) is -0.397. The van der Waals surface area contributed by atoms with E-state index < -0.39 is 11.2 Å². The molecule has 0 unspecified atom stereocenters. The minimum atomic E-state index is -1.14. The van der Waals surface area contributed by atoms with Crippen molar-refractivity contribution in [3.8, 4) is 0 Å². The highest BCUT2D eigenvalue weighted by Gasteiger charge is 2.20. The third-order valence-electron chi connectivity index (χ3n) is 0.900. The molecule has 0 radical (unpaired) electrons. The van der Waals surface area contributed by atoms with Crippen molar-refractivity contribution in [2.75, 3.05) is 6.67 Å². The SMILES string of the molecule is FCCCC(Cl)(Cl)O[SiH3]. The summed E-state index contributed by atoms with van der Waals surface area (Å²) < 4.78 is 15.1. The quantitative estimate of drug-likeness (QED) is 0.478. The lowest BCUT2D eigenvalue weighted by Crippen LogP contribution is -2.15. The van der Waals surface area contributed by atoms with Crippen molar-refractivity contribution < 1.29 is 8.82 Å². The number of rotatable bonds is 4. The fraction of sp³-hybridized carbons (Fsp3) is 1.00. The summed E-state index contributed by atoms with van der Waals surface area (Å²) in [5.41, 5.74) is 0. The Labute approximate surface area is 67.0 Å². The highest BCUT2D eigenvalue weighted by atomic mass is 35.5. The van der Waals surface area contributed by atoms with E-state index in [9.17, 15) is 4.39 Å². The molecule has 5 heteroatoms. The number of halogens is 3. The van der Waals surface area contributed by atoms with E-state index in [4.69, 9.17) is 27.6 Å². The summed E-state index contributed by atoms with van der Waals surface area (Å²) in [5, 5.41) is 0. The Morgan fingerprint density at radius 1 is 1.56 bits per heavy atom. The van der Waals surface area contributed by atoms with E-state index >= 15 is 0 Å². The fourth-order valence-corrected chi connectivity index (χ4v) is 0.846. The highest BCUT2D eigenvalue weighted by Crippen LogP contribution is 2.26. The zero-order chi connectivity index (χ0) is 7.33. The van der Waals surface area contributed by atoms with Gasteiger partial charge in [-0.1, -0.05) is 23.2 Å². The Morgan fingerprint density at radius 2 is 2.11 bits per heavy atom. The number of hydrogen-bond acceptors (Lipinski definition) is 1. The van der Waals surface area contributed by atoms with E-state index in [1.165, 1.54) is 0 Å². The predicted octanol–water partition coefficient (Wildman–Crippen LogP) is 1.16. The number of alkyl halides is 3. The monoisotopic (exact) mass is 190 g/mol. The molecule has 0 heterocycles. The standard InChI is InChI=1S/C4H9Cl2FOSi/c5-4(6,8-9)2-1-3-7/h1-3H2,9H3. The van der Waals surface area contributed by atoms with Crippen LogP contribution in [0.3, 0.4) is 0 Å². The first-order valence-electron chi connectivity index (χ1n) is 2.61. The van der Waals surface area contributed by atoms with Crippen molar-refractivity contribution in [3.05, 3.63) is 0 Å². The van der Waals surface area contributed by atoms with Crippen LogP contribution in [0, 0.1) is 0 Å². The van der Waals surface area contributed by atoms with Gasteiger partial charge in [0.05, 0.1) is 6.67 Å². The van der Waals surface area contributed by atoms with Gasteiger partial charge in [-0.3, -0.25) is 4.39 Å². The largest absolute Gasteiger partial charge is 0.399 e. The molecule has 0 atom stereocenters. The molecule has 1 nitrogen and oxygen atoms in total. The summed E-state index contributed by atoms with van der Waals surface area (Å²) in [6.07, 6.45) is 0.714. The van der Waals surface area contributed by atoms with Crippen molar-refractivity contribution >= 4 is 33.7 Å². The topological polar surface area (TPSA) is 9.23 Å². The Hall–Kier alpha value is 0.687. The molecule has 0 aromatic heterocycles. The molecule has 0 fully saturated rings. The molecule has 0 N–H and O–H groups in total. The molecule has 0 amide bonds. The lowest BCUT2D eigenvalue weighted by Gasteiger charge is -2.16. The van der Waals surface area contributed by atoms with E-state index in [1.807, 2.05) is 0 Å². The Bertz CT molecular complexity index is 81.0. The molecule has 0 aliphatic carbocycles. The third kappa shape index (κ3) is 5.15. The second kappa shape index (κ2) is 4.49. The third-order valence-corrected chi connectivity index (χ3v) is 2.80. The molecule has 0 bridgehead atoms. The molecule has 0 rings (SSSR count). The maximum Gasteiger partial charge on any atom is 0.207 e. The van der Waals surface area contributed by atoms with Gasteiger partial charge in [-0.2, -0.15) is 0 Å². The van der Waals surface area contributed by atoms with Gasteiger partial charge in [0.2, 0.25) is 4.52 Å². The molecule has 56 valence electrons. The molecular formula is C4H9Cl2FOSi. The summed E-state index contributed by atoms with van der Waals surface area (Å²) in [5.74, 6) is 0. The van der Waals surface area contributed by atoms with Crippen molar-refractivity contribution in [1.29, 1.82) is 0 Å². The van der Waals surface area contributed by atoms with Crippen LogP contribution in [0.25, 0.3) is 0 Å². The van der Waals surface area contributed by atoms with Crippen molar-refractivity contribution in [3.63, 3.8) is 0 Å². The summed E-state index contributed by atoms with van der Waals surface area (Å²) in [7, 11) is 0.478. The van der Waals surface area contributed by atoms with Crippen molar-refractivity contribution in [1.82, 2.24) is 0 Å². The van der Waals surface area contributed by atoms with Gasteiger partial charge in [0.25, 0.3) is 0 Å². The normalized spacial score (nSPS) is 12.3. The van der Waals surface area contributed by atoms with Crippen molar-refractivity contribution in [2.24, 2.45) is 0 Å². The van der Waals surface area contributed by atoms with Gasteiger partial charge in [0, 0.05) is 6.42 Å². The van der Waals surface area contributed by atoms with Gasteiger partial charge < -0.3 is 4.43 Å². The highest BCUT2D eigenvalue weighted by molar-refractivity contribution is 6.48. The average Bonchev–Trinajstić information content (AvgIpc) is 1.84.